The summed E-state index contributed by atoms with van der Waals surface area (Å²) in [6.07, 6.45) is 1.59. The number of nitrogens with one attached hydrogen (secondary N) is 1. The van der Waals surface area contributed by atoms with Crippen molar-refractivity contribution in [3.8, 4) is 5.88 Å². The van der Waals surface area contributed by atoms with Gasteiger partial charge >= 0.3 is 5.97 Å². The lowest BCUT2D eigenvalue weighted by atomic mass is 10.3. The number of ether oxygens (including phenoxy) is 1. The van der Waals surface area contributed by atoms with Crippen molar-refractivity contribution in [1.82, 2.24) is 15.0 Å². The van der Waals surface area contributed by atoms with Gasteiger partial charge in [-0.2, -0.15) is 4.98 Å². The molecule has 106 valence electrons. The van der Waals surface area contributed by atoms with Gasteiger partial charge in [0.2, 0.25) is 11.8 Å². The third-order valence-electron chi connectivity index (χ3n) is 2.38. The highest BCUT2D eigenvalue weighted by Gasteiger charge is 2.14. The summed E-state index contributed by atoms with van der Waals surface area (Å²) < 4.78 is 5.29. The topological polar surface area (TPSA) is 97.2 Å². The molecule has 2 heterocycles. The first kappa shape index (κ1) is 14.2. The van der Waals surface area contributed by atoms with E-state index in [0.717, 1.165) is 0 Å². The van der Waals surface area contributed by atoms with Crippen molar-refractivity contribution < 1.29 is 14.6 Å². The number of thiazole rings is 1. The summed E-state index contributed by atoms with van der Waals surface area (Å²) in [6, 6.07) is 1.48. The molecule has 0 spiro atoms. The maximum atomic E-state index is 10.8. The lowest BCUT2D eigenvalue weighted by molar-refractivity contribution is 0.0691. The molecular formula is C12H14N4O3S. The van der Waals surface area contributed by atoms with Gasteiger partial charge in [0.15, 0.2) is 5.69 Å². The van der Waals surface area contributed by atoms with Crippen molar-refractivity contribution in [3.63, 3.8) is 0 Å². The second kappa shape index (κ2) is 6.29. The molecule has 2 aromatic heterocycles. The number of carboxylic acid groups (broad SMARTS) is 1. The molecule has 8 heteroatoms. The fourth-order valence-electron chi connectivity index (χ4n) is 1.48. The van der Waals surface area contributed by atoms with Crippen LogP contribution in [0.5, 0.6) is 5.88 Å². The molecule has 0 aromatic carbocycles. The molecule has 0 aliphatic heterocycles. The lowest BCUT2D eigenvalue weighted by Crippen LogP contribution is -2.10. The van der Waals surface area contributed by atoms with Crippen LogP contribution in [0.1, 0.15) is 35.4 Å². The monoisotopic (exact) mass is 294 g/mol. The van der Waals surface area contributed by atoms with Crippen LogP contribution < -0.4 is 10.1 Å². The molecule has 0 saturated carbocycles. The molecule has 0 aliphatic rings. The minimum atomic E-state index is -1.03. The molecule has 2 N–H and O–H groups in total. The molecule has 0 aliphatic carbocycles. The average molecular weight is 294 g/mol. The van der Waals surface area contributed by atoms with Gasteiger partial charge in [-0.3, -0.25) is 0 Å². The first-order valence-corrected chi connectivity index (χ1v) is 6.89. The second-order valence-corrected chi connectivity index (χ2v) is 4.78. The van der Waals surface area contributed by atoms with E-state index >= 15 is 0 Å². The Morgan fingerprint density at radius 3 is 3.00 bits per heavy atom. The maximum Gasteiger partial charge on any atom is 0.355 e. The highest BCUT2D eigenvalue weighted by Crippen LogP contribution is 2.21. The molecule has 0 fully saturated rings. The minimum absolute atomic E-state index is 0.0441. The van der Waals surface area contributed by atoms with E-state index in [1.54, 1.807) is 12.3 Å². The summed E-state index contributed by atoms with van der Waals surface area (Å²) >= 11 is 1.28. The Balaban J connectivity index is 2.08. The van der Waals surface area contributed by atoms with Crippen LogP contribution in [0.3, 0.4) is 0 Å². The molecule has 0 saturated heterocycles. The number of carboxylic acids is 1. The summed E-state index contributed by atoms with van der Waals surface area (Å²) in [4.78, 5) is 23.1. The van der Waals surface area contributed by atoms with Crippen LogP contribution >= 0.6 is 11.3 Å². The molecule has 7 nitrogen and oxygen atoms in total. The molecular weight excluding hydrogens is 280 g/mol. The van der Waals surface area contributed by atoms with Gasteiger partial charge < -0.3 is 15.2 Å². The zero-order valence-electron chi connectivity index (χ0n) is 11.0. The third-order valence-corrected chi connectivity index (χ3v) is 3.41. The number of carbonyl (C=O) groups is 1. The van der Waals surface area contributed by atoms with Crippen LogP contribution in [0.4, 0.5) is 5.95 Å². The lowest BCUT2D eigenvalue weighted by Gasteiger charge is -2.11. The van der Waals surface area contributed by atoms with E-state index in [2.05, 4.69) is 20.3 Å². The smallest absolute Gasteiger partial charge is 0.355 e. The number of nitrogens with zero attached hydrogens (tertiary/aromatic N) is 3. The van der Waals surface area contributed by atoms with Crippen molar-refractivity contribution in [2.75, 3.05) is 11.9 Å². The van der Waals surface area contributed by atoms with E-state index in [1.165, 1.54) is 16.7 Å². The maximum absolute atomic E-state index is 10.8. The van der Waals surface area contributed by atoms with E-state index in [-0.39, 0.29) is 11.7 Å². The third kappa shape index (κ3) is 3.41. The standard InChI is InChI=1S/C12H14N4O3S/c1-3-19-9-4-5-13-12(16-9)14-7(2)10-15-8(6-20-10)11(17)18/h4-7H,3H2,1-2H3,(H,17,18)(H,13,14,16). The number of rotatable bonds is 6. The van der Waals surface area contributed by atoms with Gasteiger partial charge in [-0.15, -0.1) is 11.3 Å². The van der Waals surface area contributed by atoms with Gasteiger partial charge in [0.1, 0.15) is 5.01 Å². The van der Waals surface area contributed by atoms with Gasteiger partial charge in [0.25, 0.3) is 0 Å². The normalized spacial score (nSPS) is 11.9. The number of anilines is 1. The largest absolute Gasteiger partial charge is 0.478 e. The fourth-order valence-corrected chi connectivity index (χ4v) is 2.28. The Kier molecular flexibility index (Phi) is 4.46. The highest BCUT2D eigenvalue weighted by molar-refractivity contribution is 7.09. The van der Waals surface area contributed by atoms with Crippen molar-refractivity contribution in [3.05, 3.63) is 28.3 Å². The van der Waals surface area contributed by atoms with Crippen molar-refractivity contribution >= 4 is 23.3 Å². The van der Waals surface area contributed by atoms with Crippen LogP contribution in [-0.4, -0.2) is 32.6 Å². The van der Waals surface area contributed by atoms with E-state index < -0.39 is 5.97 Å². The van der Waals surface area contributed by atoms with Gasteiger partial charge in [-0.1, -0.05) is 0 Å². The van der Waals surface area contributed by atoms with E-state index in [1.807, 2.05) is 13.8 Å². The van der Waals surface area contributed by atoms with Crippen LogP contribution in [0.2, 0.25) is 0 Å². The van der Waals surface area contributed by atoms with Crippen molar-refractivity contribution in [2.24, 2.45) is 0 Å². The molecule has 2 aromatic rings. The Bertz CT molecular complexity index is 602. The quantitative estimate of drug-likeness (QED) is 0.842. The molecule has 2 rings (SSSR count). The molecule has 0 bridgehead atoms. The molecule has 0 radical (unpaired) electrons. The summed E-state index contributed by atoms with van der Waals surface area (Å²) in [5, 5.41) is 14.1. The van der Waals surface area contributed by atoms with Gasteiger partial charge in [0.05, 0.1) is 12.6 Å². The molecule has 1 atom stereocenters. The van der Waals surface area contributed by atoms with Crippen molar-refractivity contribution in [2.45, 2.75) is 19.9 Å². The van der Waals surface area contributed by atoms with E-state index in [4.69, 9.17) is 9.84 Å². The highest BCUT2D eigenvalue weighted by atomic mass is 32.1. The number of aromatic carboxylic acids is 1. The molecule has 0 amide bonds. The Hall–Kier alpha value is -2.22. The van der Waals surface area contributed by atoms with Crippen molar-refractivity contribution in [1.29, 1.82) is 0 Å². The molecule has 20 heavy (non-hydrogen) atoms. The van der Waals surface area contributed by atoms with Crippen LogP contribution in [0.25, 0.3) is 0 Å². The Morgan fingerprint density at radius 1 is 1.55 bits per heavy atom. The SMILES string of the molecule is CCOc1ccnc(NC(C)c2nc(C(=O)O)cs2)n1. The van der Waals surface area contributed by atoms with E-state index in [9.17, 15) is 4.79 Å². The number of aromatic nitrogens is 3. The summed E-state index contributed by atoms with van der Waals surface area (Å²) in [5.41, 5.74) is 0.0441. The zero-order valence-corrected chi connectivity index (χ0v) is 11.8. The minimum Gasteiger partial charge on any atom is -0.478 e. The summed E-state index contributed by atoms with van der Waals surface area (Å²) in [5.74, 6) is -0.132. The van der Waals surface area contributed by atoms with Gasteiger partial charge in [0, 0.05) is 17.6 Å². The fraction of sp³-hybridized carbons (Fsp3) is 0.333. The summed E-state index contributed by atoms with van der Waals surface area (Å²) in [7, 11) is 0. The van der Waals surface area contributed by atoms with E-state index in [0.29, 0.717) is 23.4 Å². The Labute approximate surface area is 119 Å². The predicted molar refractivity (Wildman–Crippen MR) is 74.3 cm³/mol. The van der Waals surface area contributed by atoms with Crippen LogP contribution in [0.15, 0.2) is 17.6 Å². The van der Waals surface area contributed by atoms with Gasteiger partial charge in [-0.25, -0.2) is 14.8 Å². The van der Waals surface area contributed by atoms with Crippen LogP contribution in [-0.2, 0) is 0 Å². The van der Waals surface area contributed by atoms with Gasteiger partial charge in [-0.05, 0) is 13.8 Å². The average Bonchev–Trinajstić information content (AvgIpc) is 2.89. The zero-order chi connectivity index (χ0) is 14.5. The second-order valence-electron chi connectivity index (χ2n) is 3.89. The first-order chi connectivity index (χ1) is 9.60. The first-order valence-electron chi connectivity index (χ1n) is 6.01. The molecule has 1 unspecified atom stereocenters. The Morgan fingerprint density at radius 2 is 2.35 bits per heavy atom. The number of hydrogen-bond donors (Lipinski definition) is 2. The number of hydrogen-bond acceptors (Lipinski definition) is 7. The predicted octanol–water partition coefficient (Wildman–Crippen LogP) is 2.20. The summed E-state index contributed by atoms with van der Waals surface area (Å²) in [6.45, 7) is 4.27. The van der Waals surface area contributed by atoms with Crippen LogP contribution in [0, 0.1) is 0 Å².